The van der Waals surface area contributed by atoms with E-state index in [1.807, 2.05) is 80.1 Å². The molecule has 59 heavy (non-hydrogen) atoms. The van der Waals surface area contributed by atoms with Crippen LogP contribution in [0.25, 0.3) is 0 Å². The van der Waals surface area contributed by atoms with Gasteiger partial charge in [0.05, 0.1) is 38.9 Å². The van der Waals surface area contributed by atoms with Crippen LogP contribution < -0.4 is 31.9 Å². The van der Waals surface area contributed by atoms with E-state index in [0.717, 1.165) is 64.8 Å². The fourth-order valence-electron chi connectivity index (χ4n) is 9.12. The first kappa shape index (κ1) is 45.7. The highest BCUT2D eigenvalue weighted by molar-refractivity contribution is 8.00. The Kier molecular flexibility index (Phi) is 15.1. The maximum atomic E-state index is 14.4. The number of amides is 3. The monoisotopic (exact) mass is 880 g/mol. The smallest absolute Gasteiger partial charge is 0.247 e. The summed E-state index contributed by atoms with van der Waals surface area (Å²) < 4.78 is 0. The first-order valence-electron chi connectivity index (χ1n) is 21.1. The number of anilines is 2. The summed E-state index contributed by atoms with van der Waals surface area (Å²) in [4.78, 5) is 48.7. The number of nitrogens with one attached hydrogen (secondary N) is 6. The van der Waals surface area contributed by atoms with E-state index in [0.29, 0.717) is 24.3 Å². The lowest BCUT2D eigenvalue weighted by atomic mass is 9.84. The van der Waals surface area contributed by atoms with Gasteiger partial charge in [-0.15, -0.1) is 23.5 Å². The number of fused-ring (bicyclic) bond motifs is 2. The van der Waals surface area contributed by atoms with E-state index in [-0.39, 0.29) is 58.1 Å². The van der Waals surface area contributed by atoms with Gasteiger partial charge >= 0.3 is 0 Å². The number of nitrogens with zero attached hydrogens (tertiary/aromatic N) is 2. The van der Waals surface area contributed by atoms with Crippen LogP contribution in [-0.2, 0) is 27.2 Å². The minimum absolute atomic E-state index is 0.0135. The number of thioether (sulfide) groups is 2. The van der Waals surface area contributed by atoms with Crippen molar-refractivity contribution < 1.29 is 14.4 Å². The first-order valence-corrected chi connectivity index (χ1v) is 24.0. The van der Waals surface area contributed by atoms with Gasteiger partial charge in [0.2, 0.25) is 17.7 Å². The molecule has 8 atom stereocenters. The summed E-state index contributed by atoms with van der Waals surface area (Å²) in [7, 11) is 3.76. The molecule has 0 spiro atoms. The Morgan fingerprint density at radius 1 is 0.746 bits per heavy atom. The topological polar surface area (TPSA) is 130 Å². The minimum atomic E-state index is -0.643. The number of thiocarbonyl (C=S) groups is 2. The average Bonchev–Trinajstić information content (AvgIpc) is 3.46. The van der Waals surface area contributed by atoms with Crippen LogP contribution >= 0.6 is 48.0 Å². The SMILES string of the molecule is CN[C@@H](C)C(=S)N[C@H]1CCS[C@H]2CC(C)(C)[C@@H](C(=O)Nc3ccccc3CCc3ccccc3NC(=O)[C@H]3N4C(=O)[C@@H](NC(=S)[C@H](C)NC)CCS[C@H]4CC3(C)C)N2C1. The van der Waals surface area contributed by atoms with Crippen molar-refractivity contribution in [3.8, 4) is 0 Å². The maximum Gasteiger partial charge on any atom is 0.247 e. The fraction of sp³-hybridized carbons (Fsp3) is 0.614. The molecule has 6 N–H and O–H groups in total. The molecule has 0 unspecified atom stereocenters. The molecule has 4 aliphatic heterocycles. The van der Waals surface area contributed by atoms with Gasteiger partial charge in [-0.2, -0.15) is 0 Å². The number of rotatable bonds is 13. The molecule has 3 amide bonds. The van der Waals surface area contributed by atoms with Gasteiger partial charge in [-0.05, 0) is 112 Å². The summed E-state index contributed by atoms with van der Waals surface area (Å²) in [6, 6.07) is 14.7. The second kappa shape index (κ2) is 19.5. The summed E-state index contributed by atoms with van der Waals surface area (Å²) in [5.74, 6) is 1.57. The molecule has 4 fully saturated rings. The van der Waals surface area contributed by atoms with Crippen LogP contribution in [0.5, 0.6) is 0 Å². The fourth-order valence-corrected chi connectivity index (χ4v) is 12.9. The van der Waals surface area contributed by atoms with Gasteiger partial charge in [0, 0.05) is 24.0 Å². The van der Waals surface area contributed by atoms with Gasteiger partial charge in [0.25, 0.3) is 0 Å². The summed E-state index contributed by atoms with van der Waals surface area (Å²) in [6.07, 6.45) is 4.60. The Balaban J connectivity index is 1.15. The van der Waals surface area contributed by atoms with Gasteiger partial charge < -0.3 is 36.8 Å². The zero-order valence-corrected chi connectivity index (χ0v) is 39.1. The van der Waals surface area contributed by atoms with Gasteiger partial charge in [-0.25, -0.2) is 0 Å². The third-order valence-corrected chi connectivity index (χ3v) is 16.2. The summed E-state index contributed by atoms with van der Waals surface area (Å²) >= 11 is 15.0. The second-order valence-electron chi connectivity index (χ2n) is 17.9. The van der Waals surface area contributed by atoms with E-state index >= 15 is 0 Å². The normalized spacial score (nSPS) is 27.3. The van der Waals surface area contributed by atoms with Crippen LogP contribution in [0.15, 0.2) is 48.5 Å². The summed E-state index contributed by atoms with van der Waals surface area (Å²) in [5.41, 5.74) is 2.91. The molecule has 4 saturated heterocycles. The predicted octanol–water partition coefficient (Wildman–Crippen LogP) is 5.79. The van der Waals surface area contributed by atoms with Crippen molar-refractivity contribution in [2.24, 2.45) is 10.8 Å². The predicted molar refractivity (Wildman–Crippen MR) is 253 cm³/mol. The Bertz CT molecular complexity index is 1880. The highest BCUT2D eigenvalue weighted by Crippen LogP contribution is 2.48. The lowest BCUT2D eigenvalue weighted by Crippen LogP contribution is -2.56. The molecule has 4 heterocycles. The molecule has 11 nitrogen and oxygen atoms in total. The highest BCUT2D eigenvalue weighted by atomic mass is 32.2. The lowest BCUT2D eigenvalue weighted by molar-refractivity contribution is -0.140. The van der Waals surface area contributed by atoms with Crippen molar-refractivity contribution in [2.75, 3.05) is 42.8 Å². The van der Waals surface area contributed by atoms with E-state index in [2.05, 4.69) is 77.5 Å². The van der Waals surface area contributed by atoms with Crippen molar-refractivity contribution in [2.45, 2.75) is 127 Å². The minimum Gasteiger partial charge on any atom is -0.374 e. The number of hydrogen-bond donors (Lipinski definition) is 6. The van der Waals surface area contributed by atoms with Crippen LogP contribution in [0.2, 0.25) is 0 Å². The van der Waals surface area contributed by atoms with Crippen molar-refractivity contribution >= 4 is 87.0 Å². The van der Waals surface area contributed by atoms with E-state index in [4.69, 9.17) is 24.4 Å². The van der Waals surface area contributed by atoms with Crippen molar-refractivity contribution in [1.29, 1.82) is 0 Å². The number of carbonyl (C=O) groups is 3. The number of para-hydroxylation sites is 2. The Morgan fingerprint density at radius 2 is 1.24 bits per heavy atom. The highest BCUT2D eigenvalue weighted by Gasteiger charge is 2.55. The standard InChI is InChI=1S/C44H64N8O3S4/c1-26(45-7)40(56)47-30-19-21-58-34-23-43(3,4)36(51(34)25-30)38(53)48-31-15-11-9-13-28(31)17-18-29-14-10-12-16-32(29)49-39(54)37-44(5,6)24-35-52(37)42(55)33(20-22-59-35)50-41(57)27(2)46-8/h9-16,26-27,30,33-37,45-46H,17-25H2,1-8H3,(H,47,56)(H,48,53)(H,49,54)(H,50,57)/t26-,27-,30-,33-,34-,35-,36+,37+/m0/s1. The largest absolute Gasteiger partial charge is 0.374 e. The zero-order valence-electron chi connectivity index (χ0n) is 35.9. The molecule has 6 rings (SSSR count). The lowest BCUT2D eigenvalue weighted by Gasteiger charge is -2.34. The average molecular weight is 881 g/mol. The maximum absolute atomic E-state index is 14.4. The first-order chi connectivity index (χ1) is 28.0. The molecule has 2 aromatic rings. The Hall–Kier alpha value is -2.79. The quantitative estimate of drug-likeness (QED) is 0.136. The van der Waals surface area contributed by atoms with Gasteiger partial charge in [0.1, 0.15) is 12.1 Å². The molecule has 4 aliphatic rings. The Labute approximate surface area is 370 Å². The molecule has 0 aliphatic carbocycles. The third kappa shape index (κ3) is 10.5. The van der Waals surface area contributed by atoms with Crippen LogP contribution in [0.3, 0.4) is 0 Å². The number of benzene rings is 2. The molecule has 0 aromatic heterocycles. The van der Waals surface area contributed by atoms with Crippen LogP contribution in [0, 0.1) is 10.8 Å². The molecule has 322 valence electrons. The molecular formula is C44H64N8O3S4. The van der Waals surface area contributed by atoms with Gasteiger partial charge in [0.15, 0.2) is 0 Å². The molecule has 0 radical (unpaired) electrons. The van der Waals surface area contributed by atoms with Crippen molar-refractivity contribution in [1.82, 2.24) is 31.1 Å². The molecule has 0 saturated carbocycles. The van der Waals surface area contributed by atoms with E-state index < -0.39 is 17.5 Å². The number of likely N-dealkylation sites (N-methyl/N-ethyl adjacent to an activating group) is 2. The van der Waals surface area contributed by atoms with Crippen molar-refractivity contribution in [3.05, 3.63) is 59.7 Å². The van der Waals surface area contributed by atoms with E-state index in [9.17, 15) is 14.4 Å². The molecular weight excluding hydrogens is 817 g/mol. The number of aryl methyl sites for hydroxylation is 2. The van der Waals surface area contributed by atoms with Gasteiger partial charge in [-0.1, -0.05) is 88.5 Å². The molecule has 2 aromatic carbocycles. The number of carbonyl (C=O) groups excluding carboxylic acids is 3. The summed E-state index contributed by atoms with van der Waals surface area (Å²) in [6.45, 7) is 13.4. The van der Waals surface area contributed by atoms with Crippen LogP contribution in [-0.4, -0.2) is 117 Å². The third-order valence-electron chi connectivity index (χ3n) is 12.7. The van der Waals surface area contributed by atoms with Crippen molar-refractivity contribution in [3.63, 3.8) is 0 Å². The van der Waals surface area contributed by atoms with E-state index in [1.165, 1.54) is 0 Å². The number of hydrogen-bond acceptors (Lipinski definition) is 10. The summed E-state index contributed by atoms with van der Waals surface area (Å²) in [5, 5.41) is 20.1. The molecule has 0 bridgehead atoms. The van der Waals surface area contributed by atoms with Crippen LogP contribution in [0.4, 0.5) is 11.4 Å². The molecule has 15 heteroatoms. The zero-order chi connectivity index (χ0) is 42.6. The van der Waals surface area contributed by atoms with Crippen LogP contribution in [0.1, 0.15) is 78.4 Å². The second-order valence-corrected chi connectivity index (χ2v) is 21.4. The van der Waals surface area contributed by atoms with Gasteiger partial charge in [-0.3, -0.25) is 19.3 Å². The Morgan fingerprint density at radius 3 is 1.83 bits per heavy atom. The van der Waals surface area contributed by atoms with E-state index in [1.54, 1.807) is 11.8 Å².